The zero-order valence-corrected chi connectivity index (χ0v) is 13.1. The van der Waals surface area contributed by atoms with E-state index in [0.29, 0.717) is 19.0 Å². The van der Waals surface area contributed by atoms with Gasteiger partial charge in [0.25, 0.3) is 0 Å². The van der Waals surface area contributed by atoms with Gasteiger partial charge in [-0.15, -0.1) is 11.3 Å². The summed E-state index contributed by atoms with van der Waals surface area (Å²) in [5, 5.41) is 7.16. The van der Waals surface area contributed by atoms with Crippen molar-refractivity contribution in [1.82, 2.24) is 15.6 Å². The fourth-order valence-corrected chi connectivity index (χ4v) is 2.64. The second-order valence-corrected chi connectivity index (χ2v) is 7.75. The van der Waals surface area contributed by atoms with Gasteiger partial charge in [-0.05, 0) is 6.92 Å². The number of rotatable bonds is 6. The van der Waals surface area contributed by atoms with Gasteiger partial charge in [-0.1, -0.05) is 0 Å². The van der Waals surface area contributed by atoms with Crippen LogP contribution >= 0.6 is 11.3 Å². The Labute approximate surface area is 118 Å². The quantitative estimate of drug-likeness (QED) is 0.579. The first-order valence-electron chi connectivity index (χ1n) is 5.94. The molecule has 0 saturated heterocycles. The summed E-state index contributed by atoms with van der Waals surface area (Å²) in [7, 11) is -1.29. The SMILES string of the molecule is CN=C(NCCc1ncc(C)s1)NCCS(C)(=O)=O. The number of guanidine groups is 1. The Kier molecular flexibility index (Phi) is 6.23. The van der Waals surface area contributed by atoms with Gasteiger partial charge in [0.2, 0.25) is 0 Å². The van der Waals surface area contributed by atoms with Crippen LogP contribution in [-0.4, -0.2) is 51.5 Å². The minimum absolute atomic E-state index is 0.0966. The van der Waals surface area contributed by atoms with E-state index in [-0.39, 0.29) is 5.75 Å². The maximum absolute atomic E-state index is 11.0. The fourth-order valence-electron chi connectivity index (χ4n) is 1.38. The summed E-state index contributed by atoms with van der Waals surface area (Å²) in [5.74, 6) is 0.705. The monoisotopic (exact) mass is 304 g/mol. The predicted molar refractivity (Wildman–Crippen MR) is 79.6 cm³/mol. The van der Waals surface area contributed by atoms with Crippen molar-refractivity contribution in [3.63, 3.8) is 0 Å². The standard InChI is InChI=1S/C11H20N4O2S2/c1-9-8-15-10(18-9)4-5-13-11(12-2)14-6-7-19(3,16)17/h8H,4-7H2,1-3H3,(H2,12,13,14). The van der Waals surface area contributed by atoms with Gasteiger partial charge < -0.3 is 10.6 Å². The third kappa shape index (κ3) is 7.12. The van der Waals surface area contributed by atoms with E-state index in [9.17, 15) is 8.42 Å². The molecule has 0 unspecified atom stereocenters. The lowest BCUT2D eigenvalue weighted by molar-refractivity contribution is 0.600. The van der Waals surface area contributed by atoms with Crippen LogP contribution in [0.1, 0.15) is 9.88 Å². The Balaban J connectivity index is 2.26. The minimum Gasteiger partial charge on any atom is -0.356 e. The van der Waals surface area contributed by atoms with Gasteiger partial charge in [-0.25, -0.2) is 13.4 Å². The highest BCUT2D eigenvalue weighted by atomic mass is 32.2. The van der Waals surface area contributed by atoms with E-state index in [2.05, 4.69) is 20.6 Å². The van der Waals surface area contributed by atoms with Crippen molar-refractivity contribution in [2.45, 2.75) is 13.3 Å². The topological polar surface area (TPSA) is 83.4 Å². The molecule has 1 rings (SSSR count). The van der Waals surface area contributed by atoms with Crippen molar-refractivity contribution >= 4 is 27.1 Å². The number of nitrogens with one attached hydrogen (secondary N) is 2. The van der Waals surface area contributed by atoms with Crippen molar-refractivity contribution < 1.29 is 8.42 Å². The molecular formula is C11H20N4O2S2. The molecule has 0 radical (unpaired) electrons. The van der Waals surface area contributed by atoms with Gasteiger partial charge in [0.15, 0.2) is 5.96 Å². The zero-order chi connectivity index (χ0) is 14.3. The van der Waals surface area contributed by atoms with Gasteiger partial charge in [-0.2, -0.15) is 0 Å². The van der Waals surface area contributed by atoms with Crippen LogP contribution in [0.15, 0.2) is 11.2 Å². The summed E-state index contributed by atoms with van der Waals surface area (Å²) in [5.41, 5.74) is 0. The highest BCUT2D eigenvalue weighted by molar-refractivity contribution is 7.90. The first-order valence-corrected chi connectivity index (χ1v) is 8.82. The molecular weight excluding hydrogens is 284 g/mol. The third-order valence-electron chi connectivity index (χ3n) is 2.29. The van der Waals surface area contributed by atoms with Crippen LogP contribution in [-0.2, 0) is 16.3 Å². The molecule has 1 aromatic heterocycles. The predicted octanol–water partition coefficient (Wildman–Crippen LogP) is 0.204. The van der Waals surface area contributed by atoms with E-state index in [1.807, 2.05) is 13.1 Å². The lowest BCUT2D eigenvalue weighted by atomic mass is 10.4. The molecule has 0 aliphatic rings. The Morgan fingerprint density at radius 2 is 2.11 bits per heavy atom. The van der Waals surface area contributed by atoms with Gasteiger partial charge in [0.1, 0.15) is 9.84 Å². The zero-order valence-electron chi connectivity index (χ0n) is 11.4. The molecule has 0 saturated carbocycles. The van der Waals surface area contributed by atoms with Gasteiger partial charge in [0, 0.05) is 43.9 Å². The van der Waals surface area contributed by atoms with E-state index in [0.717, 1.165) is 11.4 Å². The molecule has 0 aromatic carbocycles. The largest absolute Gasteiger partial charge is 0.356 e. The fraction of sp³-hybridized carbons (Fsp3) is 0.636. The second kappa shape index (κ2) is 7.44. The molecule has 0 aliphatic heterocycles. The van der Waals surface area contributed by atoms with Crippen molar-refractivity contribution in [2.75, 3.05) is 32.1 Å². The van der Waals surface area contributed by atoms with Crippen LogP contribution in [0.25, 0.3) is 0 Å². The van der Waals surface area contributed by atoms with E-state index in [4.69, 9.17) is 0 Å². The molecule has 0 aliphatic carbocycles. The Bertz CT molecular complexity index is 523. The summed E-state index contributed by atoms with van der Waals surface area (Å²) < 4.78 is 22.0. The Morgan fingerprint density at radius 3 is 2.63 bits per heavy atom. The summed E-state index contributed by atoms with van der Waals surface area (Å²) in [6, 6.07) is 0. The molecule has 108 valence electrons. The molecule has 0 atom stereocenters. The van der Waals surface area contributed by atoms with Gasteiger partial charge in [-0.3, -0.25) is 4.99 Å². The summed E-state index contributed by atoms with van der Waals surface area (Å²) in [6.07, 6.45) is 3.90. The molecule has 1 aromatic rings. The van der Waals surface area contributed by atoms with Gasteiger partial charge >= 0.3 is 0 Å². The summed E-state index contributed by atoms with van der Waals surface area (Å²) in [6.45, 7) is 3.10. The smallest absolute Gasteiger partial charge is 0.191 e. The average Bonchev–Trinajstić information content (AvgIpc) is 2.71. The number of sulfone groups is 1. The van der Waals surface area contributed by atoms with E-state index < -0.39 is 9.84 Å². The van der Waals surface area contributed by atoms with Crippen molar-refractivity contribution in [3.8, 4) is 0 Å². The summed E-state index contributed by atoms with van der Waals surface area (Å²) in [4.78, 5) is 9.50. The molecule has 0 bridgehead atoms. The highest BCUT2D eigenvalue weighted by Gasteiger charge is 2.03. The first kappa shape index (κ1) is 15.9. The molecule has 8 heteroatoms. The maximum atomic E-state index is 11.0. The van der Waals surface area contributed by atoms with Crippen molar-refractivity contribution in [2.24, 2.45) is 4.99 Å². The Hall–Kier alpha value is -1.15. The normalized spacial score (nSPS) is 12.5. The molecule has 2 N–H and O–H groups in total. The number of thiazole rings is 1. The number of aliphatic imine (C=N–C) groups is 1. The summed E-state index contributed by atoms with van der Waals surface area (Å²) >= 11 is 1.68. The number of hydrogen-bond donors (Lipinski definition) is 2. The van der Waals surface area contributed by atoms with Crippen LogP contribution in [0, 0.1) is 6.92 Å². The lowest BCUT2D eigenvalue weighted by Crippen LogP contribution is -2.40. The molecule has 0 spiro atoms. The van der Waals surface area contributed by atoms with E-state index in [1.165, 1.54) is 11.1 Å². The number of nitrogens with zero attached hydrogens (tertiary/aromatic N) is 2. The number of aryl methyl sites for hydroxylation is 1. The van der Waals surface area contributed by atoms with E-state index in [1.54, 1.807) is 18.4 Å². The highest BCUT2D eigenvalue weighted by Crippen LogP contribution is 2.10. The molecule has 1 heterocycles. The Morgan fingerprint density at radius 1 is 1.42 bits per heavy atom. The van der Waals surface area contributed by atoms with Gasteiger partial charge in [0.05, 0.1) is 10.8 Å². The molecule has 0 fully saturated rings. The molecule has 0 amide bonds. The molecule has 6 nitrogen and oxygen atoms in total. The van der Waals surface area contributed by atoms with Crippen LogP contribution in [0.3, 0.4) is 0 Å². The second-order valence-electron chi connectivity index (χ2n) is 4.17. The van der Waals surface area contributed by atoms with Crippen LogP contribution < -0.4 is 10.6 Å². The average molecular weight is 304 g/mol. The maximum Gasteiger partial charge on any atom is 0.191 e. The van der Waals surface area contributed by atoms with Crippen molar-refractivity contribution in [1.29, 1.82) is 0 Å². The third-order valence-corrected chi connectivity index (χ3v) is 4.21. The first-order chi connectivity index (χ1) is 8.90. The van der Waals surface area contributed by atoms with E-state index >= 15 is 0 Å². The van der Waals surface area contributed by atoms with Crippen LogP contribution in [0.2, 0.25) is 0 Å². The van der Waals surface area contributed by atoms with Crippen LogP contribution in [0.4, 0.5) is 0 Å². The number of aromatic nitrogens is 1. The lowest BCUT2D eigenvalue weighted by Gasteiger charge is -2.10. The minimum atomic E-state index is -2.94. The van der Waals surface area contributed by atoms with Crippen molar-refractivity contribution in [3.05, 3.63) is 16.1 Å². The molecule has 19 heavy (non-hydrogen) atoms. The van der Waals surface area contributed by atoms with Crippen LogP contribution in [0.5, 0.6) is 0 Å². The number of hydrogen-bond acceptors (Lipinski definition) is 5.